The number of fused-ring (bicyclic) bond motifs is 1. The molecule has 0 aliphatic carbocycles. The summed E-state index contributed by atoms with van der Waals surface area (Å²) in [4.78, 5) is 8.41. The SMILES string of the molecule is OCC#Cc1ccc2ncnc(Nc3cccc(F)c3)c2c1. The molecule has 0 atom stereocenters. The van der Waals surface area contributed by atoms with Crippen molar-refractivity contribution in [2.75, 3.05) is 11.9 Å². The van der Waals surface area contributed by atoms with Gasteiger partial charge >= 0.3 is 0 Å². The Morgan fingerprint density at radius 2 is 2.05 bits per heavy atom. The van der Waals surface area contributed by atoms with Gasteiger partial charge in [-0.3, -0.25) is 0 Å². The Morgan fingerprint density at radius 1 is 1.14 bits per heavy atom. The molecule has 0 aliphatic heterocycles. The minimum Gasteiger partial charge on any atom is -0.384 e. The molecule has 2 N–H and O–H groups in total. The zero-order valence-corrected chi connectivity index (χ0v) is 11.5. The minimum absolute atomic E-state index is 0.197. The van der Waals surface area contributed by atoms with Crippen molar-refractivity contribution in [1.29, 1.82) is 0 Å². The van der Waals surface area contributed by atoms with Crippen molar-refractivity contribution >= 4 is 22.4 Å². The summed E-state index contributed by atoms with van der Waals surface area (Å²) < 4.78 is 13.3. The zero-order chi connectivity index (χ0) is 15.4. The van der Waals surface area contributed by atoms with Crippen LogP contribution >= 0.6 is 0 Å². The normalized spacial score (nSPS) is 10.1. The third-order valence-electron chi connectivity index (χ3n) is 3.03. The first-order chi connectivity index (χ1) is 10.8. The van der Waals surface area contributed by atoms with Crippen LogP contribution in [-0.4, -0.2) is 21.7 Å². The molecule has 22 heavy (non-hydrogen) atoms. The predicted octanol–water partition coefficient (Wildman–Crippen LogP) is 2.86. The monoisotopic (exact) mass is 293 g/mol. The van der Waals surface area contributed by atoms with Crippen LogP contribution in [0.25, 0.3) is 10.9 Å². The number of nitrogens with one attached hydrogen (secondary N) is 1. The van der Waals surface area contributed by atoms with Crippen LogP contribution in [0.4, 0.5) is 15.9 Å². The predicted molar refractivity (Wildman–Crippen MR) is 83.2 cm³/mol. The van der Waals surface area contributed by atoms with E-state index in [1.165, 1.54) is 18.5 Å². The van der Waals surface area contributed by atoms with E-state index in [9.17, 15) is 4.39 Å². The van der Waals surface area contributed by atoms with E-state index >= 15 is 0 Å². The highest BCUT2D eigenvalue weighted by Gasteiger charge is 2.05. The summed E-state index contributed by atoms with van der Waals surface area (Å²) in [5, 5.41) is 12.6. The smallest absolute Gasteiger partial charge is 0.141 e. The van der Waals surface area contributed by atoms with Gasteiger partial charge in [-0.15, -0.1) is 0 Å². The first-order valence-corrected chi connectivity index (χ1v) is 6.63. The molecule has 0 saturated carbocycles. The Labute approximate surface area is 126 Å². The van der Waals surface area contributed by atoms with Gasteiger partial charge in [0.2, 0.25) is 0 Å². The van der Waals surface area contributed by atoms with Crippen LogP contribution in [0, 0.1) is 17.7 Å². The maximum atomic E-state index is 13.3. The molecule has 5 heteroatoms. The van der Waals surface area contributed by atoms with E-state index < -0.39 is 0 Å². The van der Waals surface area contributed by atoms with Gasteiger partial charge in [0.25, 0.3) is 0 Å². The highest BCUT2D eigenvalue weighted by molar-refractivity contribution is 5.91. The fourth-order valence-corrected chi connectivity index (χ4v) is 2.08. The third kappa shape index (κ3) is 3.03. The molecule has 0 fully saturated rings. The number of aliphatic hydroxyl groups excluding tert-OH is 1. The molecular formula is C17H12FN3O. The first-order valence-electron chi connectivity index (χ1n) is 6.63. The second kappa shape index (κ2) is 6.20. The molecule has 0 aliphatic rings. The lowest BCUT2D eigenvalue weighted by Crippen LogP contribution is -1.96. The Balaban J connectivity index is 2.04. The number of anilines is 2. The quantitative estimate of drug-likeness (QED) is 0.713. The number of nitrogens with zero attached hydrogens (tertiary/aromatic N) is 2. The van der Waals surface area contributed by atoms with Gasteiger partial charge in [-0.1, -0.05) is 17.9 Å². The molecule has 0 bridgehead atoms. The lowest BCUT2D eigenvalue weighted by Gasteiger charge is -2.08. The van der Waals surface area contributed by atoms with Crippen molar-refractivity contribution in [1.82, 2.24) is 9.97 Å². The van der Waals surface area contributed by atoms with E-state index in [1.807, 2.05) is 18.2 Å². The van der Waals surface area contributed by atoms with Gasteiger partial charge in [0.15, 0.2) is 0 Å². The lowest BCUT2D eigenvalue weighted by molar-refractivity contribution is 0.350. The molecule has 4 nitrogen and oxygen atoms in total. The summed E-state index contributed by atoms with van der Waals surface area (Å²) in [6.45, 7) is -0.197. The zero-order valence-electron chi connectivity index (χ0n) is 11.5. The maximum absolute atomic E-state index is 13.3. The van der Waals surface area contributed by atoms with Gasteiger partial charge in [-0.25, -0.2) is 14.4 Å². The van der Waals surface area contributed by atoms with E-state index in [2.05, 4.69) is 27.1 Å². The summed E-state index contributed by atoms with van der Waals surface area (Å²) >= 11 is 0. The van der Waals surface area contributed by atoms with Crippen molar-refractivity contribution in [3.8, 4) is 11.8 Å². The molecule has 0 saturated heterocycles. The molecule has 0 amide bonds. The van der Waals surface area contributed by atoms with E-state index in [-0.39, 0.29) is 12.4 Å². The second-order valence-corrected chi connectivity index (χ2v) is 4.55. The number of halogens is 1. The van der Waals surface area contributed by atoms with E-state index in [1.54, 1.807) is 12.1 Å². The fourth-order valence-electron chi connectivity index (χ4n) is 2.08. The number of rotatable bonds is 2. The highest BCUT2D eigenvalue weighted by Crippen LogP contribution is 2.24. The molecule has 0 spiro atoms. The average Bonchev–Trinajstić information content (AvgIpc) is 2.53. The van der Waals surface area contributed by atoms with Gasteiger partial charge in [-0.05, 0) is 36.4 Å². The topological polar surface area (TPSA) is 58.0 Å². The Bertz CT molecular complexity index is 884. The van der Waals surface area contributed by atoms with Crippen LogP contribution in [0.15, 0.2) is 48.8 Å². The molecule has 2 aromatic carbocycles. The third-order valence-corrected chi connectivity index (χ3v) is 3.03. The van der Waals surface area contributed by atoms with Crippen LogP contribution in [0.3, 0.4) is 0 Å². The van der Waals surface area contributed by atoms with Crippen LogP contribution in [0.1, 0.15) is 5.56 Å². The van der Waals surface area contributed by atoms with Gasteiger partial charge in [-0.2, -0.15) is 0 Å². The minimum atomic E-state index is -0.321. The van der Waals surface area contributed by atoms with Gasteiger partial charge in [0.1, 0.15) is 24.6 Å². The molecule has 1 heterocycles. The summed E-state index contributed by atoms with van der Waals surface area (Å²) in [6, 6.07) is 11.6. The molecule has 1 aromatic heterocycles. The number of hydrogen-bond donors (Lipinski definition) is 2. The van der Waals surface area contributed by atoms with Crippen molar-refractivity contribution in [3.05, 3.63) is 60.2 Å². The number of benzene rings is 2. The van der Waals surface area contributed by atoms with Crippen LogP contribution in [0.5, 0.6) is 0 Å². The number of aromatic nitrogens is 2. The molecule has 3 rings (SSSR count). The summed E-state index contributed by atoms with van der Waals surface area (Å²) in [5.41, 5.74) is 2.11. The largest absolute Gasteiger partial charge is 0.384 e. The molecule has 3 aromatic rings. The average molecular weight is 293 g/mol. The standard InChI is InChI=1S/C17H12FN3O/c18-13-4-1-5-14(10-13)21-17-15-9-12(3-2-8-22)6-7-16(15)19-11-20-17/h1,4-7,9-11,22H,8H2,(H,19,20,21). The van der Waals surface area contributed by atoms with Crippen molar-refractivity contribution < 1.29 is 9.50 Å². The molecular weight excluding hydrogens is 281 g/mol. The molecule has 0 unspecified atom stereocenters. The Morgan fingerprint density at radius 3 is 2.86 bits per heavy atom. The van der Waals surface area contributed by atoms with E-state index in [4.69, 9.17) is 5.11 Å². The van der Waals surface area contributed by atoms with Crippen molar-refractivity contribution in [2.24, 2.45) is 0 Å². The maximum Gasteiger partial charge on any atom is 0.141 e. The lowest BCUT2D eigenvalue weighted by atomic mass is 10.1. The van der Waals surface area contributed by atoms with Crippen LogP contribution in [-0.2, 0) is 0 Å². The van der Waals surface area contributed by atoms with Gasteiger partial charge in [0, 0.05) is 16.6 Å². The summed E-state index contributed by atoms with van der Waals surface area (Å²) in [6.07, 6.45) is 1.45. The van der Waals surface area contributed by atoms with Gasteiger partial charge < -0.3 is 10.4 Å². The van der Waals surface area contributed by atoms with Crippen molar-refractivity contribution in [3.63, 3.8) is 0 Å². The van der Waals surface area contributed by atoms with Crippen LogP contribution < -0.4 is 5.32 Å². The van der Waals surface area contributed by atoms with E-state index in [0.29, 0.717) is 11.5 Å². The van der Waals surface area contributed by atoms with Gasteiger partial charge in [0.05, 0.1) is 5.52 Å². The number of aliphatic hydroxyl groups is 1. The Hall–Kier alpha value is -2.97. The summed E-state index contributed by atoms with van der Waals surface area (Å²) in [5.74, 6) is 5.69. The van der Waals surface area contributed by atoms with Crippen molar-refractivity contribution in [2.45, 2.75) is 0 Å². The highest BCUT2D eigenvalue weighted by atomic mass is 19.1. The Kier molecular flexibility index (Phi) is 3.95. The molecule has 0 radical (unpaired) electrons. The first kappa shape index (κ1) is 14.0. The van der Waals surface area contributed by atoms with E-state index in [0.717, 1.165) is 16.5 Å². The number of hydrogen-bond acceptors (Lipinski definition) is 4. The fraction of sp³-hybridized carbons (Fsp3) is 0.0588. The van der Waals surface area contributed by atoms with Crippen LogP contribution in [0.2, 0.25) is 0 Å². The molecule has 108 valence electrons. The second-order valence-electron chi connectivity index (χ2n) is 4.55. The summed E-state index contributed by atoms with van der Waals surface area (Å²) in [7, 11) is 0.